The van der Waals surface area contributed by atoms with Crippen LogP contribution in [-0.4, -0.2) is 10.9 Å². The van der Waals surface area contributed by atoms with E-state index in [0.29, 0.717) is 5.56 Å². The number of carbonyl (C=O) groups excluding carboxylic acids is 1. The molecule has 2 aromatic rings. The van der Waals surface area contributed by atoms with Gasteiger partial charge in [-0.15, -0.1) is 0 Å². The van der Waals surface area contributed by atoms with Crippen molar-refractivity contribution in [2.75, 3.05) is 0 Å². The normalized spacial score (nSPS) is 11.9. The summed E-state index contributed by atoms with van der Waals surface area (Å²) in [7, 11) is 0. The fourth-order valence-electron chi connectivity index (χ4n) is 1.73. The Morgan fingerprint density at radius 2 is 2.00 bits per heavy atom. The van der Waals surface area contributed by atoms with Crippen molar-refractivity contribution in [3.63, 3.8) is 0 Å². The zero-order valence-electron chi connectivity index (χ0n) is 10.6. The second-order valence-corrected chi connectivity index (χ2v) is 4.29. The number of benzene rings is 1. The third-order valence-corrected chi connectivity index (χ3v) is 2.86. The standard InChI is InChI=1S/C14H12F2N2O2/c1-8(9-2-3-11(15)12(16)6-9)18-14(20)10-7-17-5-4-13(10)19/h2-8H,1H3,(H,17,19)(H,18,20). The Labute approximate surface area is 113 Å². The lowest BCUT2D eigenvalue weighted by atomic mass is 10.1. The maximum atomic E-state index is 13.1. The molecule has 104 valence electrons. The van der Waals surface area contributed by atoms with E-state index in [-0.39, 0.29) is 5.56 Å². The van der Waals surface area contributed by atoms with Gasteiger partial charge in [0.05, 0.1) is 6.04 Å². The predicted molar refractivity (Wildman–Crippen MR) is 69.3 cm³/mol. The summed E-state index contributed by atoms with van der Waals surface area (Å²) in [6, 6.07) is 4.05. The van der Waals surface area contributed by atoms with Crippen LogP contribution in [0.5, 0.6) is 0 Å². The van der Waals surface area contributed by atoms with E-state index in [9.17, 15) is 18.4 Å². The first-order valence-corrected chi connectivity index (χ1v) is 5.92. The van der Waals surface area contributed by atoms with Gasteiger partial charge in [0.2, 0.25) is 0 Å². The van der Waals surface area contributed by atoms with Crippen LogP contribution in [0.25, 0.3) is 0 Å². The van der Waals surface area contributed by atoms with Crippen LogP contribution in [0.1, 0.15) is 28.9 Å². The van der Waals surface area contributed by atoms with Gasteiger partial charge in [0.15, 0.2) is 17.1 Å². The number of hydrogen-bond donors (Lipinski definition) is 2. The van der Waals surface area contributed by atoms with Gasteiger partial charge in [0.25, 0.3) is 5.91 Å². The van der Waals surface area contributed by atoms with Crippen LogP contribution in [0.4, 0.5) is 8.78 Å². The van der Waals surface area contributed by atoms with Crippen molar-refractivity contribution in [2.45, 2.75) is 13.0 Å². The minimum atomic E-state index is -0.985. The number of amides is 1. The molecule has 0 saturated carbocycles. The van der Waals surface area contributed by atoms with Crippen LogP contribution in [0.2, 0.25) is 0 Å². The van der Waals surface area contributed by atoms with Gasteiger partial charge in [-0.3, -0.25) is 9.59 Å². The molecule has 0 aliphatic carbocycles. The smallest absolute Gasteiger partial charge is 0.257 e. The summed E-state index contributed by atoms with van der Waals surface area (Å²) in [4.78, 5) is 26.0. The fraction of sp³-hybridized carbons (Fsp3) is 0.143. The highest BCUT2D eigenvalue weighted by atomic mass is 19.2. The predicted octanol–water partition coefficient (Wildman–Crippen LogP) is 2.14. The Hall–Kier alpha value is -2.50. The number of rotatable bonds is 3. The second-order valence-electron chi connectivity index (χ2n) is 4.29. The molecule has 0 radical (unpaired) electrons. The maximum absolute atomic E-state index is 13.1. The zero-order chi connectivity index (χ0) is 14.7. The van der Waals surface area contributed by atoms with Crippen molar-refractivity contribution in [2.24, 2.45) is 0 Å². The van der Waals surface area contributed by atoms with Crippen LogP contribution in [0.15, 0.2) is 41.5 Å². The first-order valence-electron chi connectivity index (χ1n) is 5.92. The molecular weight excluding hydrogens is 266 g/mol. The minimum absolute atomic E-state index is 0.0399. The number of nitrogens with one attached hydrogen (secondary N) is 2. The molecule has 1 unspecified atom stereocenters. The SMILES string of the molecule is CC(NC(=O)c1c[nH]ccc1=O)c1ccc(F)c(F)c1. The number of aromatic amines is 1. The van der Waals surface area contributed by atoms with Crippen molar-refractivity contribution in [1.82, 2.24) is 10.3 Å². The molecule has 0 spiro atoms. The Morgan fingerprint density at radius 1 is 1.25 bits per heavy atom. The summed E-state index contributed by atoms with van der Waals surface area (Å²) in [5.41, 5.74) is -0.0507. The number of aromatic nitrogens is 1. The van der Waals surface area contributed by atoms with Crippen LogP contribution in [0.3, 0.4) is 0 Å². The highest BCUT2D eigenvalue weighted by Gasteiger charge is 2.15. The zero-order valence-corrected chi connectivity index (χ0v) is 10.6. The third-order valence-electron chi connectivity index (χ3n) is 2.86. The lowest BCUT2D eigenvalue weighted by Gasteiger charge is -2.14. The number of halogens is 2. The molecule has 1 aromatic carbocycles. The molecule has 20 heavy (non-hydrogen) atoms. The summed E-state index contributed by atoms with van der Waals surface area (Å²) in [5, 5.41) is 2.55. The van der Waals surface area contributed by atoms with Gasteiger partial charge >= 0.3 is 0 Å². The van der Waals surface area contributed by atoms with Crippen molar-refractivity contribution < 1.29 is 13.6 Å². The average molecular weight is 278 g/mol. The van der Waals surface area contributed by atoms with Gasteiger partial charge in [-0.2, -0.15) is 0 Å². The van der Waals surface area contributed by atoms with Crippen LogP contribution in [-0.2, 0) is 0 Å². The quantitative estimate of drug-likeness (QED) is 0.903. The van der Waals surface area contributed by atoms with E-state index in [0.717, 1.165) is 12.1 Å². The van der Waals surface area contributed by atoms with Crippen LogP contribution >= 0.6 is 0 Å². The van der Waals surface area contributed by atoms with Crippen LogP contribution < -0.4 is 10.7 Å². The summed E-state index contributed by atoms with van der Waals surface area (Å²) >= 11 is 0. The van der Waals surface area contributed by atoms with E-state index in [2.05, 4.69) is 10.3 Å². The van der Waals surface area contributed by atoms with Gasteiger partial charge in [-0.1, -0.05) is 6.07 Å². The van der Waals surface area contributed by atoms with E-state index >= 15 is 0 Å². The van der Waals surface area contributed by atoms with Gasteiger partial charge in [0, 0.05) is 18.5 Å². The maximum Gasteiger partial charge on any atom is 0.257 e. The highest BCUT2D eigenvalue weighted by Crippen LogP contribution is 2.16. The molecule has 1 aromatic heterocycles. The van der Waals surface area contributed by atoms with E-state index in [4.69, 9.17) is 0 Å². The lowest BCUT2D eigenvalue weighted by Crippen LogP contribution is -2.30. The molecule has 2 N–H and O–H groups in total. The third kappa shape index (κ3) is 2.90. The molecule has 0 saturated heterocycles. The van der Waals surface area contributed by atoms with Crippen molar-refractivity contribution >= 4 is 5.91 Å². The Morgan fingerprint density at radius 3 is 2.65 bits per heavy atom. The van der Waals surface area contributed by atoms with Crippen molar-refractivity contribution in [3.05, 3.63) is 69.6 Å². The van der Waals surface area contributed by atoms with Crippen molar-refractivity contribution in [3.8, 4) is 0 Å². The molecule has 0 aliphatic heterocycles. The minimum Gasteiger partial charge on any atom is -0.367 e. The summed E-state index contributed by atoms with van der Waals surface area (Å²) in [6.45, 7) is 1.61. The second kappa shape index (κ2) is 5.64. The summed E-state index contributed by atoms with van der Waals surface area (Å²) in [6.07, 6.45) is 2.70. The number of H-pyrrole nitrogens is 1. The molecule has 1 atom stereocenters. The van der Waals surface area contributed by atoms with Gasteiger partial charge in [-0.05, 0) is 24.6 Å². The van der Waals surface area contributed by atoms with E-state index in [1.807, 2.05) is 0 Å². The Bertz CT molecular complexity index is 698. The topological polar surface area (TPSA) is 62.0 Å². The van der Waals surface area contributed by atoms with Crippen LogP contribution in [0, 0.1) is 11.6 Å². The largest absolute Gasteiger partial charge is 0.367 e. The first-order chi connectivity index (χ1) is 9.49. The molecule has 1 amide bonds. The van der Waals surface area contributed by atoms with E-state index in [1.165, 1.54) is 24.5 Å². The molecular formula is C14H12F2N2O2. The first kappa shape index (κ1) is 13.9. The number of pyridine rings is 1. The Balaban J connectivity index is 2.17. The molecule has 6 heteroatoms. The van der Waals surface area contributed by atoms with Gasteiger partial charge < -0.3 is 10.3 Å². The number of carbonyl (C=O) groups is 1. The molecule has 0 fully saturated rings. The van der Waals surface area contributed by atoms with Gasteiger partial charge in [0.1, 0.15) is 5.56 Å². The monoisotopic (exact) mass is 278 g/mol. The van der Waals surface area contributed by atoms with Crippen molar-refractivity contribution in [1.29, 1.82) is 0 Å². The highest BCUT2D eigenvalue weighted by molar-refractivity contribution is 5.93. The summed E-state index contributed by atoms with van der Waals surface area (Å²) < 4.78 is 26.0. The molecule has 0 bridgehead atoms. The molecule has 1 heterocycles. The Kier molecular flexibility index (Phi) is 3.93. The molecule has 4 nitrogen and oxygen atoms in total. The van der Waals surface area contributed by atoms with E-state index < -0.39 is 29.0 Å². The molecule has 0 aliphatic rings. The summed E-state index contributed by atoms with van der Waals surface area (Å²) in [5.74, 6) is -2.52. The van der Waals surface area contributed by atoms with E-state index in [1.54, 1.807) is 6.92 Å². The average Bonchev–Trinajstić information content (AvgIpc) is 2.42. The lowest BCUT2D eigenvalue weighted by molar-refractivity contribution is 0.0938. The fourth-order valence-corrected chi connectivity index (χ4v) is 1.73. The number of hydrogen-bond acceptors (Lipinski definition) is 2. The van der Waals surface area contributed by atoms with Gasteiger partial charge in [-0.25, -0.2) is 8.78 Å². The molecule has 2 rings (SSSR count).